The summed E-state index contributed by atoms with van der Waals surface area (Å²) in [6, 6.07) is 2.76. The number of rotatable bonds is 2. The van der Waals surface area contributed by atoms with E-state index in [1.165, 1.54) is 24.6 Å². The van der Waals surface area contributed by atoms with Crippen LogP contribution in [0.25, 0.3) is 0 Å². The van der Waals surface area contributed by atoms with Crippen molar-refractivity contribution >= 4 is 22.4 Å². The monoisotopic (exact) mass is 243 g/mol. The van der Waals surface area contributed by atoms with Gasteiger partial charge in [0.15, 0.2) is 6.20 Å². The molecule has 2 aromatic rings. The van der Waals surface area contributed by atoms with Crippen LogP contribution in [-0.4, -0.2) is 14.8 Å². The van der Waals surface area contributed by atoms with Crippen LogP contribution in [0.5, 0.6) is 0 Å². The molecule has 0 aliphatic carbocycles. The average Bonchev–Trinajstić information content (AvgIpc) is 2.93. The largest absolute Gasteiger partial charge is 0.432 e. The summed E-state index contributed by atoms with van der Waals surface area (Å²) in [6.45, 7) is 0. The first-order valence-corrected chi connectivity index (χ1v) is 4.71. The van der Waals surface area contributed by atoms with E-state index in [1.807, 2.05) is 0 Å². The second-order valence-corrected chi connectivity index (χ2v) is 3.15. The summed E-state index contributed by atoms with van der Waals surface area (Å²) >= 11 is 1.02. The Kier molecular flexibility index (Phi) is 4.09. The number of thiazole rings is 1. The van der Waals surface area contributed by atoms with Crippen LogP contribution in [0.2, 0.25) is 0 Å². The van der Waals surface area contributed by atoms with E-state index >= 15 is 0 Å². The van der Waals surface area contributed by atoms with Crippen molar-refractivity contribution in [3.8, 4) is 0 Å². The minimum Gasteiger partial charge on any atom is -0.409 e. The lowest BCUT2D eigenvalue weighted by Crippen LogP contribution is -1.83. The zero-order chi connectivity index (χ0) is 12.0. The highest BCUT2D eigenvalue weighted by Crippen LogP contribution is 2.12. The Hall–Kier alpha value is -2.29. The number of furan rings is 1. The van der Waals surface area contributed by atoms with E-state index in [0.717, 1.165) is 11.3 Å². The zero-order valence-electron chi connectivity index (χ0n) is 7.68. The molecule has 0 radical (unpaired) electrons. The van der Waals surface area contributed by atoms with E-state index < -0.39 is 9.85 Å². The van der Waals surface area contributed by atoms with Crippen molar-refractivity contribution in [3.63, 3.8) is 0 Å². The first-order chi connectivity index (χ1) is 7.61. The van der Waals surface area contributed by atoms with E-state index in [2.05, 4.69) is 9.40 Å². The molecule has 0 spiro atoms. The van der Waals surface area contributed by atoms with Gasteiger partial charge in [0.05, 0.1) is 12.3 Å². The molecule has 0 saturated heterocycles. The predicted octanol–water partition coefficient (Wildman–Crippen LogP) is 2.24. The predicted molar refractivity (Wildman–Crippen MR) is 54.1 cm³/mol. The quantitative estimate of drug-likeness (QED) is 0.590. The Labute approximate surface area is 92.5 Å². The maximum atomic E-state index is 9.82. The smallest absolute Gasteiger partial charge is 0.409 e. The first-order valence-electron chi connectivity index (χ1n) is 3.83. The van der Waals surface area contributed by atoms with Crippen molar-refractivity contribution in [2.45, 2.75) is 0 Å². The first kappa shape index (κ1) is 11.8. The fraction of sp³-hybridized carbons (Fsp3) is 0. The van der Waals surface area contributed by atoms with Gasteiger partial charge in [0.2, 0.25) is 0 Å². The summed E-state index contributed by atoms with van der Waals surface area (Å²) in [6.07, 6.45) is 2.67. The fourth-order valence-electron chi connectivity index (χ4n) is 0.680. The Balaban J connectivity index is 0.000000160. The normalized spacial score (nSPS) is 9.00. The van der Waals surface area contributed by atoms with Crippen molar-refractivity contribution in [2.75, 3.05) is 0 Å². The second-order valence-electron chi connectivity index (χ2n) is 2.28. The topological polar surface area (TPSA) is 112 Å². The van der Waals surface area contributed by atoms with Crippen LogP contribution < -0.4 is 0 Å². The lowest BCUT2D eigenvalue weighted by atomic mass is 10.6. The van der Waals surface area contributed by atoms with Crippen LogP contribution in [0.15, 0.2) is 34.4 Å². The summed E-state index contributed by atoms with van der Waals surface area (Å²) in [7, 11) is 0. The number of nitrogens with zero attached hydrogens (tertiary/aromatic N) is 3. The van der Waals surface area contributed by atoms with Gasteiger partial charge in [-0.1, -0.05) is 0 Å². The van der Waals surface area contributed by atoms with E-state index in [9.17, 15) is 20.2 Å². The molecule has 0 atom stereocenters. The third-order valence-corrected chi connectivity index (χ3v) is 1.98. The third kappa shape index (κ3) is 3.46. The van der Waals surface area contributed by atoms with Crippen molar-refractivity contribution in [1.82, 2.24) is 4.98 Å². The number of hydrogen-bond donors (Lipinski definition) is 0. The summed E-state index contributed by atoms with van der Waals surface area (Å²) in [4.78, 5) is 21.9. The third-order valence-electron chi connectivity index (χ3n) is 1.26. The van der Waals surface area contributed by atoms with Crippen LogP contribution in [0.3, 0.4) is 0 Å². The van der Waals surface area contributed by atoms with Crippen molar-refractivity contribution in [2.24, 2.45) is 0 Å². The molecule has 0 bridgehead atoms. The van der Waals surface area contributed by atoms with E-state index in [1.54, 1.807) is 5.38 Å². The average molecular weight is 243 g/mol. The maximum Gasteiger partial charge on any atom is 0.432 e. The van der Waals surface area contributed by atoms with E-state index in [4.69, 9.17) is 0 Å². The molecule has 16 heavy (non-hydrogen) atoms. The highest BCUT2D eigenvalue weighted by Gasteiger charge is 2.04. The van der Waals surface area contributed by atoms with Gasteiger partial charge < -0.3 is 14.5 Å². The summed E-state index contributed by atoms with van der Waals surface area (Å²) < 4.78 is 4.40. The Morgan fingerprint density at radius 1 is 1.31 bits per heavy atom. The standard InChI is InChI=1S/C4H3NO3.C3H2N2O2S/c6-5(7)4-2-1-3-8-4;6-5(7)3-4-1-2-8-3/h1-3H;1-2H. The molecule has 2 rings (SSSR count). The van der Waals surface area contributed by atoms with Gasteiger partial charge in [0, 0.05) is 5.38 Å². The maximum absolute atomic E-state index is 9.82. The highest BCUT2D eigenvalue weighted by atomic mass is 32.1. The molecule has 0 aliphatic heterocycles. The lowest BCUT2D eigenvalue weighted by Gasteiger charge is -1.80. The molecule has 0 amide bonds. The molecule has 9 heteroatoms. The molecule has 2 aromatic heterocycles. The Morgan fingerprint density at radius 2 is 2.06 bits per heavy atom. The van der Waals surface area contributed by atoms with Crippen LogP contribution in [-0.2, 0) is 0 Å². The van der Waals surface area contributed by atoms with Gasteiger partial charge in [-0.2, -0.15) is 0 Å². The highest BCUT2D eigenvalue weighted by molar-refractivity contribution is 7.12. The molecular formula is C7H5N3O5S. The minimum absolute atomic E-state index is 0.0509. The molecular weight excluding hydrogens is 238 g/mol. The molecule has 0 aromatic carbocycles. The van der Waals surface area contributed by atoms with Gasteiger partial charge in [0.25, 0.3) is 0 Å². The molecule has 8 nitrogen and oxygen atoms in total. The summed E-state index contributed by atoms with van der Waals surface area (Å²) in [5.41, 5.74) is 0. The minimum atomic E-state index is -0.583. The SMILES string of the molecule is O=[N+]([O-])c1ccco1.O=[N+]([O-])c1nccs1. The van der Waals surface area contributed by atoms with Gasteiger partial charge in [-0.3, -0.25) is 10.1 Å². The van der Waals surface area contributed by atoms with Gasteiger partial charge in [-0.05, 0) is 27.3 Å². The molecule has 0 unspecified atom stereocenters. The van der Waals surface area contributed by atoms with Crippen molar-refractivity contribution in [1.29, 1.82) is 0 Å². The summed E-state index contributed by atoms with van der Waals surface area (Å²) in [5.74, 6) is -0.218. The lowest BCUT2D eigenvalue weighted by molar-refractivity contribution is -0.402. The van der Waals surface area contributed by atoms with Crippen LogP contribution in [0.1, 0.15) is 0 Å². The van der Waals surface area contributed by atoms with Crippen LogP contribution in [0, 0.1) is 20.2 Å². The Bertz CT molecular complexity index is 408. The Morgan fingerprint density at radius 3 is 2.31 bits per heavy atom. The summed E-state index contributed by atoms with van der Waals surface area (Å²) in [5, 5.41) is 21.1. The van der Waals surface area contributed by atoms with Gasteiger partial charge >= 0.3 is 11.0 Å². The van der Waals surface area contributed by atoms with Crippen LogP contribution >= 0.6 is 11.3 Å². The zero-order valence-corrected chi connectivity index (χ0v) is 8.49. The molecule has 0 saturated carbocycles. The van der Waals surface area contributed by atoms with E-state index in [0.29, 0.717) is 0 Å². The van der Waals surface area contributed by atoms with Crippen LogP contribution in [0.4, 0.5) is 11.0 Å². The van der Waals surface area contributed by atoms with Gasteiger partial charge in [-0.25, -0.2) is 0 Å². The molecule has 2 heterocycles. The van der Waals surface area contributed by atoms with E-state index in [-0.39, 0.29) is 11.0 Å². The number of nitro groups is 2. The molecule has 0 aliphatic rings. The van der Waals surface area contributed by atoms with Gasteiger partial charge in [-0.15, -0.1) is 0 Å². The van der Waals surface area contributed by atoms with Crippen molar-refractivity contribution < 1.29 is 14.3 Å². The molecule has 0 N–H and O–H groups in total. The van der Waals surface area contributed by atoms with Gasteiger partial charge in [0.1, 0.15) is 4.92 Å². The molecule has 0 fully saturated rings. The number of hydrogen-bond acceptors (Lipinski definition) is 7. The number of aromatic nitrogens is 1. The second kappa shape index (κ2) is 5.56. The fourth-order valence-corrected chi connectivity index (χ4v) is 1.13. The molecule has 84 valence electrons. The van der Waals surface area contributed by atoms with Crippen molar-refractivity contribution in [3.05, 3.63) is 50.2 Å².